The molecule has 0 aliphatic carbocycles. The van der Waals surface area contributed by atoms with Gasteiger partial charge in [-0.25, -0.2) is 0 Å². The van der Waals surface area contributed by atoms with Crippen LogP contribution in [-0.4, -0.2) is 0 Å². The van der Waals surface area contributed by atoms with Gasteiger partial charge in [0.1, 0.15) is 0 Å². The van der Waals surface area contributed by atoms with Crippen molar-refractivity contribution >= 4 is 21.7 Å². The van der Waals surface area contributed by atoms with Crippen LogP contribution < -0.4 is 9.30 Å². The second-order valence-electron chi connectivity index (χ2n) is 4.11. The molecule has 16 heavy (non-hydrogen) atoms. The minimum atomic E-state index is 0.626. The highest BCUT2D eigenvalue weighted by atomic mass is 16.5. The lowest BCUT2D eigenvalue weighted by molar-refractivity contribution is -0.687. The molecule has 0 amide bonds. The number of rotatable bonds is 0. The highest BCUT2D eigenvalue weighted by Gasteiger charge is 2.23. The molecule has 4 rings (SSSR count). The Kier molecular flexibility index (Phi) is 1.38. The Hall–Kier alpha value is -2.09. The summed E-state index contributed by atoms with van der Waals surface area (Å²) in [7, 11) is 0. The van der Waals surface area contributed by atoms with Gasteiger partial charge in [-0.1, -0.05) is 24.3 Å². The Balaban J connectivity index is 2.36. The summed E-state index contributed by atoms with van der Waals surface area (Å²) >= 11 is 0. The molecule has 0 spiro atoms. The highest BCUT2D eigenvalue weighted by Crippen LogP contribution is 2.30. The van der Waals surface area contributed by atoms with E-state index in [1.807, 2.05) is 6.07 Å². The van der Waals surface area contributed by atoms with Crippen molar-refractivity contribution < 1.29 is 9.30 Å². The molecule has 2 aromatic carbocycles. The van der Waals surface area contributed by atoms with Gasteiger partial charge in [-0.15, -0.1) is 0 Å². The summed E-state index contributed by atoms with van der Waals surface area (Å²) in [6, 6.07) is 14.7. The van der Waals surface area contributed by atoms with Crippen molar-refractivity contribution in [3.8, 4) is 5.75 Å². The fourth-order valence-corrected chi connectivity index (χ4v) is 2.48. The molecule has 0 saturated heterocycles. The number of hydrogen-bond acceptors (Lipinski definition) is 1. The Labute approximate surface area is 92.7 Å². The van der Waals surface area contributed by atoms with Gasteiger partial charge in [0.15, 0.2) is 11.9 Å². The average Bonchev–Trinajstić information content (AvgIpc) is 2.75. The first kappa shape index (κ1) is 8.11. The summed E-state index contributed by atoms with van der Waals surface area (Å²) in [5.74, 6) is 0.989. The monoisotopic (exact) mass is 208 g/mol. The summed E-state index contributed by atoms with van der Waals surface area (Å²) in [6.45, 7) is 0.626. The third-order valence-corrected chi connectivity index (χ3v) is 3.19. The van der Waals surface area contributed by atoms with E-state index in [1.54, 1.807) is 0 Å². The molecule has 76 valence electrons. The van der Waals surface area contributed by atoms with Gasteiger partial charge in [-0.05, 0) is 18.2 Å². The predicted octanol–water partition coefficient (Wildman–Crippen LogP) is 2.63. The van der Waals surface area contributed by atoms with Crippen LogP contribution in [0.25, 0.3) is 21.7 Å². The molecule has 3 aromatic rings. The lowest BCUT2D eigenvalue weighted by Gasteiger charge is -1.99. The third kappa shape index (κ3) is 0.890. The summed E-state index contributed by atoms with van der Waals surface area (Å²) in [5.41, 5.74) is 1.21. The third-order valence-electron chi connectivity index (χ3n) is 3.19. The van der Waals surface area contributed by atoms with E-state index in [4.69, 9.17) is 4.74 Å². The Bertz CT molecular complexity index is 718. The van der Waals surface area contributed by atoms with E-state index in [2.05, 4.69) is 47.2 Å². The lowest BCUT2D eigenvalue weighted by Crippen LogP contribution is -2.31. The molecule has 0 bridgehead atoms. The van der Waals surface area contributed by atoms with E-state index in [0.717, 1.165) is 5.75 Å². The first-order valence-corrected chi connectivity index (χ1v) is 5.40. The minimum Gasteiger partial charge on any atom is -0.429 e. The van der Waals surface area contributed by atoms with Gasteiger partial charge in [-0.2, -0.15) is 4.57 Å². The topological polar surface area (TPSA) is 13.1 Å². The fraction of sp³-hybridized carbons (Fsp3) is 0.0714. The van der Waals surface area contributed by atoms with Gasteiger partial charge in [0.05, 0.1) is 5.39 Å². The van der Waals surface area contributed by atoms with Gasteiger partial charge in [0.25, 0.3) is 12.2 Å². The summed E-state index contributed by atoms with van der Waals surface area (Å²) in [4.78, 5) is 0. The van der Waals surface area contributed by atoms with Crippen LogP contribution in [0.15, 0.2) is 48.7 Å². The Morgan fingerprint density at radius 1 is 0.938 bits per heavy atom. The summed E-state index contributed by atoms with van der Waals surface area (Å²) in [6.07, 6.45) is 2.16. The zero-order valence-corrected chi connectivity index (χ0v) is 8.68. The highest BCUT2D eigenvalue weighted by molar-refractivity contribution is 6.05. The van der Waals surface area contributed by atoms with Crippen LogP contribution in [0, 0.1) is 0 Å². The van der Waals surface area contributed by atoms with Crippen LogP contribution in [0.1, 0.15) is 0 Å². The number of para-hydroxylation sites is 1. The maximum absolute atomic E-state index is 5.65. The molecule has 0 atom stereocenters. The van der Waals surface area contributed by atoms with Gasteiger partial charge >= 0.3 is 0 Å². The SMILES string of the molecule is c1ccc2c(c1)c[n+]1c3c(cccc23)OC1. The Morgan fingerprint density at radius 2 is 1.81 bits per heavy atom. The number of aromatic nitrogens is 1. The maximum Gasteiger partial charge on any atom is 0.293 e. The second kappa shape index (κ2) is 2.73. The van der Waals surface area contributed by atoms with Gasteiger partial charge in [0, 0.05) is 10.8 Å². The zero-order chi connectivity index (χ0) is 10.5. The maximum atomic E-state index is 5.65. The molecule has 0 unspecified atom stereocenters. The van der Waals surface area contributed by atoms with Crippen LogP contribution in [0.3, 0.4) is 0 Å². The molecule has 2 nitrogen and oxygen atoms in total. The molecule has 1 aromatic heterocycles. The van der Waals surface area contributed by atoms with E-state index in [1.165, 1.54) is 21.7 Å². The minimum absolute atomic E-state index is 0.626. The number of hydrogen-bond donors (Lipinski definition) is 0. The number of benzene rings is 2. The molecule has 2 heteroatoms. The summed E-state index contributed by atoms with van der Waals surface area (Å²) in [5, 5.41) is 3.83. The molecule has 0 fully saturated rings. The standard InChI is InChI=1S/C14H10NO/c1-2-5-11-10(4-1)8-15-9-16-13-7-3-6-12(11)14(13)15/h1-8H,9H2/q+1. The summed E-state index contributed by atoms with van der Waals surface area (Å²) < 4.78 is 7.82. The smallest absolute Gasteiger partial charge is 0.293 e. The van der Waals surface area contributed by atoms with E-state index in [-0.39, 0.29) is 0 Å². The van der Waals surface area contributed by atoms with Crippen molar-refractivity contribution in [3.05, 3.63) is 48.7 Å². The van der Waals surface area contributed by atoms with Crippen LogP contribution in [-0.2, 0) is 6.73 Å². The molecule has 1 aliphatic heterocycles. The number of ether oxygens (including phenoxy) is 1. The van der Waals surface area contributed by atoms with Gasteiger partial charge in [-0.3, -0.25) is 0 Å². The van der Waals surface area contributed by atoms with E-state index < -0.39 is 0 Å². The molecular weight excluding hydrogens is 198 g/mol. The van der Waals surface area contributed by atoms with Crippen molar-refractivity contribution in [2.24, 2.45) is 0 Å². The molecule has 1 aliphatic rings. The van der Waals surface area contributed by atoms with Crippen LogP contribution >= 0.6 is 0 Å². The second-order valence-corrected chi connectivity index (χ2v) is 4.11. The van der Waals surface area contributed by atoms with Crippen LogP contribution in [0.4, 0.5) is 0 Å². The van der Waals surface area contributed by atoms with E-state index in [0.29, 0.717) is 6.73 Å². The number of pyridine rings is 1. The normalized spacial score (nSPS) is 13.2. The zero-order valence-electron chi connectivity index (χ0n) is 8.68. The lowest BCUT2D eigenvalue weighted by atomic mass is 10.1. The molecule has 0 radical (unpaired) electrons. The largest absolute Gasteiger partial charge is 0.429 e. The number of fused-ring (bicyclic) bond motifs is 2. The molecular formula is C14H10NO+. The van der Waals surface area contributed by atoms with Crippen molar-refractivity contribution in [1.82, 2.24) is 0 Å². The van der Waals surface area contributed by atoms with E-state index >= 15 is 0 Å². The van der Waals surface area contributed by atoms with E-state index in [9.17, 15) is 0 Å². The van der Waals surface area contributed by atoms with Crippen molar-refractivity contribution in [1.29, 1.82) is 0 Å². The van der Waals surface area contributed by atoms with Crippen LogP contribution in [0.5, 0.6) is 5.75 Å². The van der Waals surface area contributed by atoms with Crippen LogP contribution in [0.2, 0.25) is 0 Å². The molecule has 0 saturated carbocycles. The predicted molar refractivity (Wildman–Crippen MR) is 62.3 cm³/mol. The Morgan fingerprint density at radius 3 is 2.81 bits per heavy atom. The first-order chi connectivity index (χ1) is 7.93. The number of nitrogens with zero attached hydrogens (tertiary/aromatic N) is 1. The average molecular weight is 208 g/mol. The van der Waals surface area contributed by atoms with Gasteiger partial charge < -0.3 is 4.74 Å². The van der Waals surface area contributed by atoms with Gasteiger partial charge in [0.2, 0.25) is 0 Å². The molecule has 2 heterocycles. The fourth-order valence-electron chi connectivity index (χ4n) is 2.48. The van der Waals surface area contributed by atoms with Crippen molar-refractivity contribution in [3.63, 3.8) is 0 Å². The quantitative estimate of drug-likeness (QED) is 0.409. The van der Waals surface area contributed by atoms with Crippen molar-refractivity contribution in [2.45, 2.75) is 6.73 Å². The van der Waals surface area contributed by atoms with Crippen molar-refractivity contribution in [2.75, 3.05) is 0 Å². The first-order valence-electron chi connectivity index (χ1n) is 5.40. The molecule has 0 N–H and O–H groups in total.